The first-order valence-electron chi connectivity index (χ1n) is 7.64. The molecule has 0 bridgehead atoms. The van der Waals surface area contributed by atoms with Crippen molar-refractivity contribution >= 4 is 29.2 Å². The van der Waals surface area contributed by atoms with Crippen molar-refractivity contribution in [3.8, 4) is 0 Å². The van der Waals surface area contributed by atoms with E-state index in [0.29, 0.717) is 18.7 Å². The first kappa shape index (κ1) is 17.8. The van der Waals surface area contributed by atoms with Crippen molar-refractivity contribution in [3.63, 3.8) is 0 Å². The molecule has 1 aliphatic heterocycles. The van der Waals surface area contributed by atoms with E-state index in [4.69, 9.17) is 4.74 Å². The van der Waals surface area contributed by atoms with Crippen molar-refractivity contribution < 1.29 is 23.9 Å². The molecule has 1 aliphatic rings. The van der Waals surface area contributed by atoms with E-state index < -0.39 is 0 Å². The molecule has 0 unspecified atom stereocenters. The van der Waals surface area contributed by atoms with Crippen LogP contribution < -0.4 is 4.90 Å². The van der Waals surface area contributed by atoms with Crippen LogP contribution in [0.2, 0.25) is 0 Å². The molecule has 2 rings (SSSR count). The number of rotatable bonds is 7. The number of imide groups is 1. The molecule has 0 saturated carbocycles. The predicted octanol–water partition coefficient (Wildman–Crippen LogP) is 0.556. The number of ether oxygens (including phenoxy) is 1. The van der Waals surface area contributed by atoms with Crippen LogP contribution in [0.4, 0.5) is 5.69 Å². The summed E-state index contributed by atoms with van der Waals surface area (Å²) in [5.74, 6) is -0.750. The van der Waals surface area contributed by atoms with Gasteiger partial charge in [0, 0.05) is 25.7 Å². The van der Waals surface area contributed by atoms with Gasteiger partial charge < -0.3 is 9.64 Å². The third-order valence-corrected chi connectivity index (χ3v) is 3.74. The van der Waals surface area contributed by atoms with Crippen molar-refractivity contribution in [2.24, 2.45) is 0 Å². The summed E-state index contributed by atoms with van der Waals surface area (Å²) in [5, 5.41) is 0. The molecule has 3 amide bonds. The molecule has 0 spiro atoms. The monoisotopic (exact) mass is 332 g/mol. The molecule has 7 nitrogen and oxygen atoms in total. The number of likely N-dealkylation sites (tertiary alicyclic amines) is 1. The lowest BCUT2D eigenvalue weighted by Crippen LogP contribution is -2.48. The second-order valence-corrected chi connectivity index (χ2v) is 5.68. The molecule has 1 saturated heterocycles. The Labute approximate surface area is 140 Å². The van der Waals surface area contributed by atoms with Gasteiger partial charge in [-0.15, -0.1) is 0 Å². The highest BCUT2D eigenvalue weighted by atomic mass is 16.5. The number of Topliss-reactive ketones (excluding diaryl/α,β-unsaturated/α-hetero) is 1. The normalized spacial score (nSPS) is 13.4. The Morgan fingerprint density at radius 3 is 2.33 bits per heavy atom. The maximum absolute atomic E-state index is 12.0. The predicted molar refractivity (Wildman–Crippen MR) is 86.4 cm³/mol. The highest BCUT2D eigenvalue weighted by molar-refractivity contribution is 6.00. The number of β-lactam (4-membered cyclic amide) rings is 1. The number of hydrogen-bond donors (Lipinski definition) is 0. The molecule has 0 aliphatic carbocycles. The van der Waals surface area contributed by atoms with E-state index in [9.17, 15) is 19.2 Å². The number of likely N-dealkylation sites (N-methyl/N-ethyl adjacent to an activating group) is 1. The summed E-state index contributed by atoms with van der Waals surface area (Å²) in [6, 6.07) is 6.95. The summed E-state index contributed by atoms with van der Waals surface area (Å²) in [6.07, 6.45) is 0.592. The first-order valence-corrected chi connectivity index (χ1v) is 7.64. The Bertz CT molecular complexity index is 653. The van der Waals surface area contributed by atoms with Gasteiger partial charge in [-0.2, -0.15) is 0 Å². The molecule has 0 atom stereocenters. The topological polar surface area (TPSA) is 84.0 Å². The number of carbonyl (C=O) groups is 4. The van der Waals surface area contributed by atoms with Crippen molar-refractivity contribution in [1.29, 1.82) is 0 Å². The van der Waals surface area contributed by atoms with E-state index in [1.807, 2.05) is 0 Å². The second-order valence-electron chi connectivity index (χ2n) is 5.68. The van der Waals surface area contributed by atoms with Crippen LogP contribution >= 0.6 is 0 Å². The highest BCUT2D eigenvalue weighted by Crippen LogP contribution is 2.16. The number of anilines is 1. The Morgan fingerprint density at radius 2 is 1.83 bits per heavy atom. The molecule has 7 heteroatoms. The summed E-state index contributed by atoms with van der Waals surface area (Å²) in [5.41, 5.74) is 1.43. The van der Waals surface area contributed by atoms with Crippen molar-refractivity contribution in [1.82, 2.24) is 4.90 Å². The van der Waals surface area contributed by atoms with Crippen LogP contribution in [-0.2, 0) is 30.3 Å². The highest BCUT2D eigenvalue weighted by Gasteiger charge is 2.29. The Kier molecular flexibility index (Phi) is 5.81. The molecule has 0 aromatic heterocycles. The molecule has 1 aromatic rings. The van der Waals surface area contributed by atoms with Crippen LogP contribution in [0.1, 0.15) is 18.9 Å². The van der Waals surface area contributed by atoms with Gasteiger partial charge in [0.05, 0.1) is 6.42 Å². The molecule has 1 heterocycles. The lowest BCUT2D eigenvalue weighted by atomic mass is 10.1. The number of ketones is 1. The summed E-state index contributed by atoms with van der Waals surface area (Å²) < 4.78 is 5.01. The van der Waals surface area contributed by atoms with Gasteiger partial charge in [-0.25, -0.2) is 0 Å². The van der Waals surface area contributed by atoms with E-state index >= 15 is 0 Å². The lowest BCUT2D eigenvalue weighted by molar-refractivity contribution is -0.152. The summed E-state index contributed by atoms with van der Waals surface area (Å²) in [4.78, 5) is 48.5. The SMILES string of the molecule is CC(=O)COCC(=O)N(C)c1ccc(CC(=O)N2CCC2=O)cc1. The quantitative estimate of drug-likeness (QED) is 0.681. The average Bonchev–Trinajstić information content (AvgIpc) is 2.52. The molecular formula is C17H20N2O5. The molecule has 0 radical (unpaired) electrons. The molecule has 1 aromatic carbocycles. The standard InChI is InChI=1S/C17H20N2O5/c1-12(20)10-24-11-17(23)18(2)14-5-3-13(4-6-14)9-16(22)19-8-7-15(19)21/h3-6H,7-11H2,1-2H3. The molecule has 1 fully saturated rings. The van der Waals surface area contributed by atoms with E-state index in [1.165, 1.54) is 16.7 Å². The van der Waals surface area contributed by atoms with Crippen LogP contribution in [0.5, 0.6) is 0 Å². The Morgan fingerprint density at radius 1 is 1.17 bits per heavy atom. The minimum absolute atomic E-state index is 0.0875. The van der Waals surface area contributed by atoms with Crippen LogP contribution in [0.15, 0.2) is 24.3 Å². The van der Waals surface area contributed by atoms with Crippen LogP contribution in [0.25, 0.3) is 0 Å². The molecule has 0 N–H and O–H groups in total. The molecule has 24 heavy (non-hydrogen) atoms. The maximum atomic E-state index is 12.0. The van der Waals surface area contributed by atoms with Crippen LogP contribution in [0.3, 0.4) is 0 Å². The third kappa shape index (κ3) is 4.48. The molecule has 128 valence electrons. The number of benzene rings is 1. The van der Waals surface area contributed by atoms with Crippen LogP contribution in [-0.4, -0.2) is 55.2 Å². The van der Waals surface area contributed by atoms with Gasteiger partial charge in [0.25, 0.3) is 5.91 Å². The fourth-order valence-corrected chi connectivity index (χ4v) is 2.21. The van der Waals surface area contributed by atoms with E-state index in [-0.39, 0.29) is 43.1 Å². The Balaban J connectivity index is 1.88. The number of amides is 3. The van der Waals surface area contributed by atoms with Gasteiger partial charge in [-0.3, -0.25) is 24.1 Å². The fraction of sp³-hybridized carbons (Fsp3) is 0.412. The smallest absolute Gasteiger partial charge is 0.252 e. The van der Waals surface area contributed by atoms with Gasteiger partial charge in [-0.1, -0.05) is 12.1 Å². The largest absolute Gasteiger partial charge is 0.364 e. The minimum atomic E-state index is -0.272. The van der Waals surface area contributed by atoms with Crippen LogP contribution in [0, 0.1) is 0 Å². The number of carbonyl (C=O) groups excluding carboxylic acids is 4. The van der Waals surface area contributed by atoms with Crippen molar-refractivity contribution in [3.05, 3.63) is 29.8 Å². The van der Waals surface area contributed by atoms with Gasteiger partial charge in [0.15, 0.2) is 5.78 Å². The Hall–Kier alpha value is -2.54. The second kappa shape index (κ2) is 7.83. The molecular weight excluding hydrogens is 312 g/mol. The summed E-state index contributed by atoms with van der Waals surface area (Å²) in [6.45, 7) is 1.62. The lowest BCUT2D eigenvalue weighted by Gasteiger charge is -2.28. The third-order valence-electron chi connectivity index (χ3n) is 3.74. The average molecular weight is 332 g/mol. The zero-order valence-corrected chi connectivity index (χ0v) is 13.8. The first-order chi connectivity index (χ1) is 11.4. The van der Waals surface area contributed by atoms with Gasteiger partial charge in [-0.05, 0) is 24.6 Å². The van der Waals surface area contributed by atoms with Gasteiger partial charge in [0.2, 0.25) is 11.8 Å². The van der Waals surface area contributed by atoms with E-state index in [1.54, 1.807) is 31.3 Å². The zero-order valence-electron chi connectivity index (χ0n) is 13.8. The zero-order chi connectivity index (χ0) is 17.7. The van der Waals surface area contributed by atoms with E-state index in [2.05, 4.69) is 0 Å². The van der Waals surface area contributed by atoms with E-state index in [0.717, 1.165) is 5.56 Å². The van der Waals surface area contributed by atoms with Crippen molar-refractivity contribution in [2.75, 3.05) is 31.7 Å². The van der Waals surface area contributed by atoms with Crippen molar-refractivity contribution in [2.45, 2.75) is 19.8 Å². The summed E-state index contributed by atoms with van der Waals surface area (Å²) >= 11 is 0. The summed E-state index contributed by atoms with van der Waals surface area (Å²) in [7, 11) is 1.61. The maximum Gasteiger partial charge on any atom is 0.252 e. The number of nitrogens with zero attached hydrogens (tertiary/aromatic N) is 2. The fourth-order valence-electron chi connectivity index (χ4n) is 2.21. The minimum Gasteiger partial charge on any atom is -0.364 e. The van der Waals surface area contributed by atoms with Gasteiger partial charge >= 0.3 is 0 Å². The van der Waals surface area contributed by atoms with Gasteiger partial charge in [0.1, 0.15) is 13.2 Å². The number of hydrogen-bond acceptors (Lipinski definition) is 5.